The molecule has 0 aromatic heterocycles. The first-order valence-electron chi connectivity index (χ1n) is 10.6. The van der Waals surface area contributed by atoms with Gasteiger partial charge in [-0.15, -0.1) is 0 Å². The molecule has 3 heterocycles. The molecule has 3 aliphatic heterocycles. The third-order valence-corrected chi connectivity index (χ3v) is 5.90. The van der Waals surface area contributed by atoms with E-state index in [2.05, 4.69) is 4.90 Å². The first kappa shape index (κ1) is 20.3. The van der Waals surface area contributed by atoms with Crippen molar-refractivity contribution in [2.45, 2.75) is 13.1 Å². The zero-order valence-corrected chi connectivity index (χ0v) is 17.9. The molecule has 0 saturated heterocycles. The molecular formula is C25H18N2O7. The van der Waals surface area contributed by atoms with E-state index in [1.165, 1.54) is 18.2 Å². The third-order valence-electron chi connectivity index (χ3n) is 5.90. The number of nitro groups is 1. The molecule has 6 rings (SSSR count). The smallest absolute Gasteiger partial charge is 0.270 e. The second-order valence-corrected chi connectivity index (χ2v) is 8.16. The van der Waals surface area contributed by atoms with Crippen molar-refractivity contribution in [1.29, 1.82) is 0 Å². The molecule has 0 fully saturated rings. The largest absolute Gasteiger partial charge is 0.478 e. The van der Waals surface area contributed by atoms with E-state index in [1.807, 2.05) is 18.2 Å². The van der Waals surface area contributed by atoms with Crippen LogP contribution in [0.15, 0.2) is 60.4 Å². The van der Waals surface area contributed by atoms with Crippen LogP contribution in [0, 0.1) is 10.1 Å². The lowest BCUT2D eigenvalue weighted by molar-refractivity contribution is -0.384. The molecule has 0 unspecified atom stereocenters. The van der Waals surface area contributed by atoms with Gasteiger partial charge in [-0.3, -0.25) is 19.8 Å². The van der Waals surface area contributed by atoms with E-state index in [0.717, 1.165) is 22.6 Å². The van der Waals surface area contributed by atoms with Crippen LogP contribution < -0.4 is 18.9 Å². The molecule has 34 heavy (non-hydrogen) atoms. The Morgan fingerprint density at radius 3 is 2.74 bits per heavy atom. The van der Waals surface area contributed by atoms with Gasteiger partial charge >= 0.3 is 0 Å². The van der Waals surface area contributed by atoms with E-state index in [9.17, 15) is 14.9 Å². The van der Waals surface area contributed by atoms with Gasteiger partial charge in [0.05, 0.1) is 16.1 Å². The van der Waals surface area contributed by atoms with Crippen molar-refractivity contribution < 1.29 is 28.7 Å². The topological polar surface area (TPSA) is 100 Å². The number of fused-ring (bicyclic) bond motifs is 4. The molecule has 0 N–H and O–H groups in total. The average Bonchev–Trinajstić information content (AvgIpc) is 3.43. The number of hydrogen-bond acceptors (Lipinski definition) is 8. The second-order valence-electron chi connectivity index (χ2n) is 8.16. The van der Waals surface area contributed by atoms with Gasteiger partial charge in [-0.2, -0.15) is 0 Å². The molecule has 0 aliphatic carbocycles. The summed E-state index contributed by atoms with van der Waals surface area (Å²) < 4.78 is 22.8. The molecule has 3 aromatic rings. The lowest BCUT2D eigenvalue weighted by Crippen LogP contribution is -2.31. The molecule has 9 nitrogen and oxygen atoms in total. The normalized spacial score (nSPS) is 17.2. The van der Waals surface area contributed by atoms with E-state index in [1.54, 1.807) is 24.3 Å². The SMILES string of the molecule is O=C1/C(=C/c2cccc([N+](=O)[O-])c2)Oc2c1ccc1c2CN(Cc2ccc3c(c2)OCO3)CO1. The van der Waals surface area contributed by atoms with Crippen molar-refractivity contribution in [3.05, 3.63) is 92.7 Å². The number of carbonyl (C=O) groups excluding carboxylic acids is 1. The van der Waals surface area contributed by atoms with Crippen molar-refractivity contribution in [2.75, 3.05) is 13.5 Å². The lowest BCUT2D eigenvalue weighted by atomic mass is 10.0. The maximum absolute atomic E-state index is 13.0. The number of nitrogens with zero attached hydrogens (tertiary/aromatic N) is 2. The highest BCUT2D eigenvalue weighted by molar-refractivity contribution is 6.15. The fourth-order valence-corrected chi connectivity index (χ4v) is 4.28. The minimum Gasteiger partial charge on any atom is -0.478 e. The number of nitro benzene ring substituents is 1. The first-order chi connectivity index (χ1) is 16.5. The summed E-state index contributed by atoms with van der Waals surface area (Å²) in [5.41, 5.74) is 2.75. The monoisotopic (exact) mass is 458 g/mol. The van der Waals surface area contributed by atoms with Crippen molar-refractivity contribution >= 4 is 17.5 Å². The summed E-state index contributed by atoms with van der Waals surface area (Å²) in [7, 11) is 0. The maximum atomic E-state index is 13.0. The number of hydrogen-bond donors (Lipinski definition) is 0. The van der Waals surface area contributed by atoms with E-state index in [0.29, 0.717) is 42.4 Å². The predicted octanol–water partition coefficient (Wildman–Crippen LogP) is 4.29. The Hall–Kier alpha value is -4.37. The Balaban J connectivity index is 1.26. The van der Waals surface area contributed by atoms with Crippen molar-refractivity contribution in [3.8, 4) is 23.0 Å². The molecule has 3 aliphatic rings. The molecule has 0 saturated carbocycles. The zero-order chi connectivity index (χ0) is 23.2. The molecule has 9 heteroatoms. The van der Waals surface area contributed by atoms with E-state index < -0.39 is 4.92 Å². The van der Waals surface area contributed by atoms with Crippen molar-refractivity contribution in [1.82, 2.24) is 4.90 Å². The fourth-order valence-electron chi connectivity index (χ4n) is 4.28. The lowest BCUT2D eigenvalue weighted by Gasteiger charge is -2.29. The Labute approximate surface area is 193 Å². The van der Waals surface area contributed by atoms with Crippen LogP contribution in [-0.4, -0.2) is 29.1 Å². The van der Waals surface area contributed by atoms with Crippen LogP contribution >= 0.6 is 0 Å². The number of allylic oxidation sites excluding steroid dienone is 1. The van der Waals surface area contributed by atoms with Crippen LogP contribution in [0.3, 0.4) is 0 Å². The maximum Gasteiger partial charge on any atom is 0.270 e. The highest BCUT2D eigenvalue weighted by Crippen LogP contribution is 2.42. The van der Waals surface area contributed by atoms with Crippen molar-refractivity contribution in [3.63, 3.8) is 0 Å². The van der Waals surface area contributed by atoms with Crippen LogP contribution in [0.5, 0.6) is 23.0 Å². The Bertz CT molecular complexity index is 1380. The van der Waals surface area contributed by atoms with Crippen LogP contribution in [-0.2, 0) is 13.1 Å². The van der Waals surface area contributed by atoms with Gasteiger partial charge in [-0.1, -0.05) is 18.2 Å². The van der Waals surface area contributed by atoms with Crippen LogP contribution in [0.2, 0.25) is 0 Å². The quantitative estimate of drug-likeness (QED) is 0.324. The Morgan fingerprint density at radius 1 is 1.00 bits per heavy atom. The highest BCUT2D eigenvalue weighted by atomic mass is 16.7. The van der Waals surface area contributed by atoms with E-state index in [-0.39, 0.29) is 24.0 Å². The number of rotatable bonds is 4. The number of ether oxygens (including phenoxy) is 4. The van der Waals surface area contributed by atoms with Gasteiger partial charge in [0.25, 0.3) is 5.69 Å². The average molecular weight is 458 g/mol. The molecular weight excluding hydrogens is 440 g/mol. The van der Waals surface area contributed by atoms with Crippen LogP contribution in [0.1, 0.15) is 27.0 Å². The molecule has 0 bridgehead atoms. The minimum atomic E-state index is -0.476. The van der Waals surface area contributed by atoms with Crippen LogP contribution in [0.4, 0.5) is 5.69 Å². The summed E-state index contributed by atoms with van der Waals surface area (Å²) in [5, 5.41) is 11.1. The predicted molar refractivity (Wildman–Crippen MR) is 120 cm³/mol. The molecule has 170 valence electrons. The molecule has 0 radical (unpaired) electrons. The summed E-state index contributed by atoms with van der Waals surface area (Å²) in [6.45, 7) is 1.77. The standard InChI is InChI=1S/C25H18N2O7/c28-24-18-5-7-20-19(25(18)34-23(24)9-15-2-1-3-17(8-15)27(29)30)12-26(13-31-20)11-16-4-6-21-22(10-16)33-14-32-21/h1-10H,11-14H2/b23-9-. The fraction of sp³-hybridized carbons (Fsp3) is 0.160. The molecule has 0 atom stereocenters. The summed E-state index contributed by atoms with van der Waals surface area (Å²) in [6, 6.07) is 15.4. The second kappa shape index (κ2) is 7.89. The zero-order valence-electron chi connectivity index (χ0n) is 17.9. The molecule has 3 aromatic carbocycles. The summed E-state index contributed by atoms with van der Waals surface area (Å²) in [6.07, 6.45) is 1.52. The molecule has 0 spiro atoms. The van der Waals surface area contributed by atoms with E-state index in [4.69, 9.17) is 18.9 Å². The van der Waals surface area contributed by atoms with Gasteiger partial charge in [0.2, 0.25) is 12.6 Å². The first-order valence-corrected chi connectivity index (χ1v) is 10.6. The number of ketones is 1. The minimum absolute atomic E-state index is 0.0535. The van der Waals surface area contributed by atoms with Gasteiger partial charge in [0, 0.05) is 25.2 Å². The van der Waals surface area contributed by atoms with Crippen LogP contribution in [0.25, 0.3) is 6.08 Å². The summed E-state index contributed by atoms with van der Waals surface area (Å²) >= 11 is 0. The summed E-state index contributed by atoms with van der Waals surface area (Å²) in [4.78, 5) is 25.7. The van der Waals surface area contributed by atoms with Gasteiger partial charge in [0.1, 0.15) is 18.2 Å². The number of Topliss-reactive ketones (excluding diaryl/α,β-unsaturated/α-hetero) is 1. The van der Waals surface area contributed by atoms with Crippen molar-refractivity contribution in [2.24, 2.45) is 0 Å². The molecule has 0 amide bonds. The Morgan fingerprint density at radius 2 is 1.85 bits per heavy atom. The number of carbonyl (C=O) groups is 1. The van der Waals surface area contributed by atoms with Gasteiger partial charge in [0.15, 0.2) is 17.3 Å². The van der Waals surface area contributed by atoms with Gasteiger partial charge in [-0.25, -0.2) is 0 Å². The highest BCUT2D eigenvalue weighted by Gasteiger charge is 2.33. The number of benzene rings is 3. The van der Waals surface area contributed by atoms with E-state index >= 15 is 0 Å². The number of non-ortho nitro benzene ring substituents is 1. The van der Waals surface area contributed by atoms with Gasteiger partial charge < -0.3 is 18.9 Å². The summed E-state index contributed by atoms with van der Waals surface area (Å²) in [5.74, 6) is 2.45. The Kier molecular flexibility index (Phi) is 4.70. The third kappa shape index (κ3) is 3.52. The van der Waals surface area contributed by atoms with Gasteiger partial charge in [-0.05, 0) is 41.5 Å².